The maximum Gasteiger partial charge on any atom is 0.322 e. The lowest BCUT2D eigenvalue weighted by Crippen LogP contribution is -2.46. The van der Waals surface area contributed by atoms with Crippen LogP contribution in [0.25, 0.3) is 17.0 Å². The monoisotopic (exact) mass is 418 g/mol. The van der Waals surface area contributed by atoms with Gasteiger partial charge in [-0.1, -0.05) is 54.6 Å². The van der Waals surface area contributed by atoms with Gasteiger partial charge in [0.05, 0.1) is 11.6 Å². The van der Waals surface area contributed by atoms with E-state index in [0.717, 1.165) is 12.0 Å². The summed E-state index contributed by atoms with van der Waals surface area (Å²) >= 11 is 0. The summed E-state index contributed by atoms with van der Waals surface area (Å²) in [7, 11) is 0. The summed E-state index contributed by atoms with van der Waals surface area (Å²) in [5.41, 5.74) is 4.01. The van der Waals surface area contributed by atoms with Crippen LogP contribution in [0.3, 0.4) is 0 Å². The van der Waals surface area contributed by atoms with Gasteiger partial charge >= 0.3 is 6.03 Å². The highest BCUT2D eigenvalue weighted by molar-refractivity contribution is 5.87. The normalized spacial score (nSPS) is 16.4. The second kappa shape index (κ2) is 8.55. The number of carbonyl (C=O) groups is 1. The van der Waals surface area contributed by atoms with E-state index in [4.69, 9.17) is 4.52 Å². The average molecular weight is 418 g/mol. The quantitative estimate of drug-likeness (QED) is 0.564. The van der Waals surface area contributed by atoms with E-state index in [0.29, 0.717) is 23.4 Å². The molecule has 158 valence electrons. The third kappa shape index (κ3) is 3.99. The van der Waals surface area contributed by atoms with Gasteiger partial charge in [-0.25, -0.2) is 9.18 Å². The molecule has 0 saturated carbocycles. The lowest BCUT2D eigenvalue weighted by atomic mass is 9.93. The number of aryl methyl sites for hydroxylation is 1. The number of nitrogens with zero attached hydrogens (tertiary/aromatic N) is 3. The van der Waals surface area contributed by atoms with Crippen molar-refractivity contribution in [3.8, 4) is 11.4 Å². The standard InChI is InChI=1S/C24H23FN4O2/c1-4-13-29-15(3)20(21(26-24(29)30)17-11-9-16(5-2)10-12-17)23-27-22(28-31-23)18-7-6-8-19(25)14-18/h4,6-12,14,21H,1,5,13H2,2-3H3,(H,26,30). The first-order valence-corrected chi connectivity index (χ1v) is 10.1. The highest BCUT2D eigenvalue weighted by atomic mass is 19.1. The summed E-state index contributed by atoms with van der Waals surface area (Å²) in [6.45, 7) is 8.01. The Bertz CT molecular complexity index is 1150. The summed E-state index contributed by atoms with van der Waals surface area (Å²) in [6.07, 6.45) is 2.58. The number of nitrogens with one attached hydrogen (secondary N) is 1. The van der Waals surface area contributed by atoms with Crippen molar-refractivity contribution >= 4 is 11.6 Å². The molecule has 1 N–H and O–H groups in total. The number of hydrogen-bond acceptors (Lipinski definition) is 4. The fourth-order valence-corrected chi connectivity index (χ4v) is 3.68. The van der Waals surface area contributed by atoms with Crippen LogP contribution in [0.1, 0.15) is 36.9 Å². The molecule has 0 bridgehead atoms. The summed E-state index contributed by atoms with van der Waals surface area (Å²) in [5.74, 6) is 0.174. The summed E-state index contributed by atoms with van der Waals surface area (Å²) in [4.78, 5) is 18.9. The molecule has 2 aromatic carbocycles. The van der Waals surface area contributed by atoms with E-state index in [1.54, 1.807) is 23.1 Å². The van der Waals surface area contributed by atoms with Gasteiger partial charge in [0.25, 0.3) is 5.89 Å². The molecule has 0 aliphatic carbocycles. The molecule has 4 rings (SSSR count). The van der Waals surface area contributed by atoms with E-state index in [1.165, 1.54) is 17.7 Å². The summed E-state index contributed by atoms with van der Waals surface area (Å²) in [6, 6.07) is 13.4. The predicted molar refractivity (Wildman–Crippen MR) is 116 cm³/mol. The van der Waals surface area contributed by atoms with Crippen molar-refractivity contribution in [2.24, 2.45) is 0 Å². The fourth-order valence-electron chi connectivity index (χ4n) is 3.68. The molecule has 1 unspecified atom stereocenters. The van der Waals surface area contributed by atoms with Gasteiger partial charge in [-0.15, -0.1) is 6.58 Å². The molecule has 1 aliphatic heterocycles. The lowest BCUT2D eigenvalue weighted by Gasteiger charge is -2.34. The van der Waals surface area contributed by atoms with Crippen LogP contribution >= 0.6 is 0 Å². The number of urea groups is 1. The molecule has 1 aliphatic rings. The van der Waals surface area contributed by atoms with Crippen molar-refractivity contribution < 1.29 is 13.7 Å². The first-order valence-electron chi connectivity index (χ1n) is 10.1. The topological polar surface area (TPSA) is 71.3 Å². The Morgan fingerprint density at radius 3 is 2.71 bits per heavy atom. The van der Waals surface area contributed by atoms with E-state index in [-0.39, 0.29) is 23.6 Å². The highest BCUT2D eigenvalue weighted by Gasteiger charge is 2.35. The average Bonchev–Trinajstić information content (AvgIpc) is 3.26. The Kier molecular flexibility index (Phi) is 5.66. The molecule has 7 heteroatoms. The van der Waals surface area contributed by atoms with Crippen LogP contribution in [0.5, 0.6) is 0 Å². The molecule has 6 nitrogen and oxygen atoms in total. The van der Waals surface area contributed by atoms with Crippen molar-refractivity contribution in [1.82, 2.24) is 20.4 Å². The Balaban J connectivity index is 1.81. The van der Waals surface area contributed by atoms with E-state index in [9.17, 15) is 9.18 Å². The Labute approximate surface area is 180 Å². The predicted octanol–water partition coefficient (Wildman–Crippen LogP) is 5.12. The molecule has 31 heavy (non-hydrogen) atoms. The van der Waals surface area contributed by atoms with Crippen molar-refractivity contribution in [3.05, 3.63) is 89.7 Å². The van der Waals surface area contributed by atoms with Gasteiger partial charge in [-0.2, -0.15) is 4.98 Å². The van der Waals surface area contributed by atoms with Crippen LogP contribution in [0.15, 0.2) is 71.4 Å². The number of allylic oxidation sites excluding steroid dienone is 1. The molecule has 0 saturated heterocycles. The zero-order valence-corrected chi connectivity index (χ0v) is 17.4. The second-order valence-electron chi connectivity index (χ2n) is 7.31. The van der Waals surface area contributed by atoms with Gasteiger partial charge in [0, 0.05) is 17.8 Å². The molecule has 0 fully saturated rings. The van der Waals surface area contributed by atoms with Crippen LogP contribution in [-0.4, -0.2) is 27.6 Å². The van der Waals surface area contributed by atoms with Gasteiger partial charge < -0.3 is 9.84 Å². The van der Waals surface area contributed by atoms with Gasteiger partial charge in [-0.3, -0.25) is 4.90 Å². The second-order valence-corrected chi connectivity index (χ2v) is 7.31. The van der Waals surface area contributed by atoms with Crippen LogP contribution in [0, 0.1) is 5.82 Å². The molecule has 0 radical (unpaired) electrons. The molecule has 2 heterocycles. The summed E-state index contributed by atoms with van der Waals surface area (Å²) in [5, 5.41) is 7.08. The molecule has 0 spiro atoms. The first-order chi connectivity index (χ1) is 15.0. The van der Waals surface area contributed by atoms with Crippen molar-refractivity contribution in [1.29, 1.82) is 0 Å². The Morgan fingerprint density at radius 2 is 2.03 bits per heavy atom. The highest BCUT2D eigenvalue weighted by Crippen LogP contribution is 2.37. The number of amides is 2. The van der Waals surface area contributed by atoms with E-state index < -0.39 is 6.04 Å². The number of carbonyl (C=O) groups excluding carboxylic acids is 1. The molecule has 1 aromatic heterocycles. The SMILES string of the molecule is C=CCN1C(=O)NC(c2ccc(CC)cc2)C(c2nc(-c3cccc(F)c3)no2)=C1C. The van der Waals surface area contributed by atoms with Gasteiger partial charge in [0.15, 0.2) is 0 Å². The maximum absolute atomic E-state index is 13.6. The van der Waals surface area contributed by atoms with Crippen LogP contribution in [0.4, 0.5) is 9.18 Å². The van der Waals surface area contributed by atoms with Gasteiger partial charge in [0.1, 0.15) is 5.82 Å². The van der Waals surface area contributed by atoms with E-state index >= 15 is 0 Å². The maximum atomic E-state index is 13.6. The van der Waals surface area contributed by atoms with Gasteiger partial charge in [-0.05, 0) is 36.6 Å². The number of hydrogen-bond donors (Lipinski definition) is 1. The van der Waals surface area contributed by atoms with Crippen molar-refractivity contribution in [2.45, 2.75) is 26.3 Å². The molecule has 3 aromatic rings. The number of aromatic nitrogens is 2. The van der Waals surface area contributed by atoms with Crippen LogP contribution in [-0.2, 0) is 6.42 Å². The first kappa shape index (κ1) is 20.5. The van der Waals surface area contributed by atoms with Crippen LogP contribution in [0.2, 0.25) is 0 Å². The molecular weight excluding hydrogens is 395 g/mol. The molecule has 2 amide bonds. The van der Waals surface area contributed by atoms with E-state index in [2.05, 4.69) is 29.0 Å². The van der Waals surface area contributed by atoms with Gasteiger partial charge in [0.2, 0.25) is 5.82 Å². The minimum Gasteiger partial charge on any atom is -0.334 e. The van der Waals surface area contributed by atoms with Crippen molar-refractivity contribution in [2.75, 3.05) is 6.54 Å². The minimum atomic E-state index is -0.458. The number of rotatable bonds is 6. The third-order valence-electron chi connectivity index (χ3n) is 5.37. The zero-order valence-electron chi connectivity index (χ0n) is 17.4. The molecule has 1 atom stereocenters. The van der Waals surface area contributed by atoms with Crippen LogP contribution < -0.4 is 5.32 Å². The Morgan fingerprint density at radius 1 is 1.26 bits per heavy atom. The Hall–Kier alpha value is -3.74. The fraction of sp³-hybridized carbons (Fsp3) is 0.208. The zero-order chi connectivity index (χ0) is 22.0. The molecular formula is C24H23FN4O2. The van der Waals surface area contributed by atoms with Crippen molar-refractivity contribution in [3.63, 3.8) is 0 Å². The number of benzene rings is 2. The third-order valence-corrected chi connectivity index (χ3v) is 5.37. The minimum absolute atomic E-state index is 0.226. The summed E-state index contributed by atoms with van der Waals surface area (Å²) < 4.78 is 19.2. The smallest absolute Gasteiger partial charge is 0.322 e. The van der Waals surface area contributed by atoms with E-state index in [1.807, 2.05) is 31.2 Å². The number of halogens is 1. The largest absolute Gasteiger partial charge is 0.334 e. The lowest BCUT2D eigenvalue weighted by molar-refractivity contribution is 0.209.